The van der Waals surface area contributed by atoms with E-state index in [1.165, 1.54) is 12.1 Å². The summed E-state index contributed by atoms with van der Waals surface area (Å²) >= 11 is 0. The van der Waals surface area contributed by atoms with Crippen LogP contribution in [0.1, 0.15) is 23.2 Å². The van der Waals surface area contributed by atoms with E-state index in [9.17, 15) is 13.2 Å². The summed E-state index contributed by atoms with van der Waals surface area (Å²) in [5, 5.41) is 2.74. The lowest BCUT2D eigenvalue weighted by Crippen LogP contribution is -2.16. The van der Waals surface area contributed by atoms with Gasteiger partial charge in [-0.15, -0.1) is 0 Å². The van der Waals surface area contributed by atoms with Crippen molar-refractivity contribution in [3.8, 4) is 5.75 Å². The standard InChI is InChI=1S/C19H21NO5S/c1-26(22,23)18-10-6-15(7-11-18)20-19(21)14-4-8-16(9-5-14)25-13-17-3-2-12-24-17/h4-11,17H,2-3,12-13H2,1H3,(H,20,21)/t17-/m0/s1. The first-order chi connectivity index (χ1) is 12.4. The minimum atomic E-state index is -3.25. The smallest absolute Gasteiger partial charge is 0.255 e. The molecule has 0 unspecified atom stereocenters. The van der Waals surface area contributed by atoms with Gasteiger partial charge in [-0.2, -0.15) is 0 Å². The van der Waals surface area contributed by atoms with Gasteiger partial charge in [0.15, 0.2) is 9.84 Å². The molecule has 26 heavy (non-hydrogen) atoms. The van der Waals surface area contributed by atoms with Gasteiger partial charge in [0.1, 0.15) is 12.4 Å². The molecule has 1 saturated heterocycles. The molecule has 0 aromatic heterocycles. The van der Waals surface area contributed by atoms with Crippen LogP contribution in [0.3, 0.4) is 0 Å². The average molecular weight is 375 g/mol. The minimum absolute atomic E-state index is 0.146. The molecule has 1 fully saturated rings. The molecule has 3 rings (SSSR count). The lowest BCUT2D eigenvalue weighted by atomic mass is 10.2. The Balaban J connectivity index is 1.57. The molecule has 1 N–H and O–H groups in total. The van der Waals surface area contributed by atoms with E-state index >= 15 is 0 Å². The molecule has 1 heterocycles. The number of hydrogen-bond donors (Lipinski definition) is 1. The van der Waals surface area contributed by atoms with E-state index in [0.29, 0.717) is 23.6 Å². The number of carbonyl (C=O) groups is 1. The summed E-state index contributed by atoms with van der Waals surface area (Å²) in [7, 11) is -3.25. The predicted molar refractivity (Wildman–Crippen MR) is 98.4 cm³/mol. The Labute approximate surface area is 153 Å². The summed E-state index contributed by atoms with van der Waals surface area (Å²) < 4.78 is 34.1. The van der Waals surface area contributed by atoms with Crippen molar-refractivity contribution in [2.45, 2.75) is 23.8 Å². The molecule has 1 atom stereocenters. The van der Waals surface area contributed by atoms with Gasteiger partial charge in [-0.25, -0.2) is 8.42 Å². The molecule has 6 nitrogen and oxygen atoms in total. The van der Waals surface area contributed by atoms with Crippen LogP contribution < -0.4 is 10.1 Å². The van der Waals surface area contributed by atoms with Gasteiger partial charge in [0, 0.05) is 24.1 Å². The van der Waals surface area contributed by atoms with Crippen LogP contribution in [0, 0.1) is 0 Å². The van der Waals surface area contributed by atoms with Crippen molar-refractivity contribution in [2.75, 3.05) is 24.8 Å². The van der Waals surface area contributed by atoms with Gasteiger partial charge < -0.3 is 14.8 Å². The van der Waals surface area contributed by atoms with Crippen molar-refractivity contribution in [1.82, 2.24) is 0 Å². The highest BCUT2D eigenvalue weighted by Crippen LogP contribution is 2.18. The second kappa shape index (κ2) is 7.88. The number of carbonyl (C=O) groups excluding carboxylic acids is 1. The van der Waals surface area contributed by atoms with Crippen molar-refractivity contribution < 1.29 is 22.7 Å². The molecular formula is C19H21NO5S. The Morgan fingerprint density at radius 1 is 1.15 bits per heavy atom. The highest BCUT2D eigenvalue weighted by atomic mass is 32.2. The Kier molecular flexibility index (Phi) is 5.58. The van der Waals surface area contributed by atoms with E-state index in [1.54, 1.807) is 36.4 Å². The van der Waals surface area contributed by atoms with Crippen molar-refractivity contribution in [3.05, 3.63) is 54.1 Å². The summed E-state index contributed by atoms with van der Waals surface area (Å²) in [4.78, 5) is 12.5. The van der Waals surface area contributed by atoms with Gasteiger partial charge in [0.2, 0.25) is 0 Å². The van der Waals surface area contributed by atoms with Gasteiger partial charge in [-0.3, -0.25) is 4.79 Å². The van der Waals surface area contributed by atoms with Crippen molar-refractivity contribution >= 4 is 21.4 Å². The quantitative estimate of drug-likeness (QED) is 0.840. The van der Waals surface area contributed by atoms with E-state index in [2.05, 4.69) is 5.32 Å². The molecule has 2 aromatic carbocycles. The largest absolute Gasteiger partial charge is 0.491 e. The predicted octanol–water partition coefficient (Wildman–Crippen LogP) is 2.90. The van der Waals surface area contributed by atoms with Crippen molar-refractivity contribution in [3.63, 3.8) is 0 Å². The van der Waals surface area contributed by atoms with Crippen LogP contribution in [0.2, 0.25) is 0 Å². The second-order valence-electron chi connectivity index (χ2n) is 6.22. The first-order valence-electron chi connectivity index (χ1n) is 8.38. The van der Waals surface area contributed by atoms with Crippen LogP contribution in [0.25, 0.3) is 0 Å². The SMILES string of the molecule is CS(=O)(=O)c1ccc(NC(=O)c2ccc(OC[C@@H]3CCCO3)cc2)cc1. The number of benzene rings is 2. The molecule has 1 aliphatic heterocycles. The van der Waals surface area contributed by atoms with E-state index < -0.39 is 9.84 Å². The molecule has 0 saturated carbocycles. The Morgan fingerprint density at radius 3 is 2.42 bits per heavy atom. The van der Waals surface area contributed by atoms with Gasteiger partial charge in [0.05, 0.1) is 11.0 Å². The van der Waals surface area contributed by atoms with Gasteiger partial charge >= 0.3 is 0 Å². The van der Waals surface area contributed by atoms with E-state index in [-0.39, 0.29) is 16.9 Å². The van der Waals surface area contributed by atoms with Gasteiger partial charge in [0.25, 0.3) is 5.91 Å². The molecule has 0 spiro atoms. The Hall–Kier alpha value is -2.38. The third-order valence-corrected chi connectivity index (χ3v) is 5.25. The molecule has 1 amide bonds. The second-order valence-corrected chi connectivity index (χ2v) is 8.24. The fraction of sp³-hybridized carbons (Fsp3) is 0.316. The maximum atomic E-state index is 12.3. The number of sulfone groups is 1. The monoisotopic (exact) mass is 375 g/mol. The maximum Gasteiger partial charge on any atom is 0.255 e. The Bertz CT molecular complexity index is 854. The van der Waals surface area contributed by atoms with E-state index in [1.807, 2.05) is 0 Å². The van der Waals surface area contributed by atoms with Gasteiger partial charge in [-0.05, 0) is 61.4 Å². The molecule has 2 aromatic rings. The lowest BCUT2D eigenvalue weighted by Gasteiger charge is -2.12. The van der Waals surface area contributed by atoms with Gasteiger partial charge in [-0.1, -0.05) is 0 Å². The zero-order chi connectivity index (χ0) is 18.6. The summed E-state index contributed by atoms with van der Waals surface area (Å²) in [6.07, 6.45) is 3.37. The normalized spacial score (nSPS) is 17.0. The van der Waals surface area contributed by atoms with Crippen LogP contribution in [-0.4, -0.2) is 39.9 Å². The maximum absolute atomic E-state index is 12.3. The number of nitrogens with one attached hydrogen (secondary N) is 1. The number of rotatable bonds is 6. The van der Waals surface area contributed by atoms with E-state index in [4.69, 9.17) is 9.47 Å². The highest BCUT2D eigenvalue weighted by Gasteiger charge is 2.16. The molecule has 0 bridgehead atoms. The summed E-state index contributed by atoms with van der Waals surface area (Å²) in [5.41, 5.74) is 1.02. The lowest BCUT2D eigenvalue weighted by molar-refractivity contribution is 0.0679. The average Bonchev–Trinajstić information content (AvgIpc) is 3.13. The van der Waals surface area contributed by atoms with Crippen molar-refractivity contribution in [1.29, 1.82) is 0 Å². The Morgan fingerprint density at radius 2 is 1.85 bits per heavy atom. The molecule has 1 aliphatic rings. The molecule has 138 valence electrons. The van der Waals surface area contributed by atoms with E-state index in [0.717, 1.165) is 25.7 Å². The van der Waals surface area contributed by atoms with Crippen LogP contribution in [0.15, 0.2) is 53.4 Å². The first kappa shape index (κ1) is 18.4. The highest BCUT2D eigenvalue weighted by molar-refractivity contribution is 7.90. The molecule has 0 radical (unpaired) electrons. The number of anilines is 1. The summed E-state index contributed by atoms with van der Waals surface area (Å²) in [6, 6.07) is 12.9. The zero-order valence-electron chi connectivity index (χ0n) is 14.5. The fourth-order valence-electron chi connectivity index (χ4n) is 2.66. The zero-order valence-corrected chi connectivity index (χ0v) is 15.3. The van der Waals surface area contributed by atoms with Crippen LogP contribution in [0.5, 0.6) is 5.75 Å². The number of hydrogen-bond acceptors (Lipinski definition) is 5. The molecule has 0 aliphatic carbocycles. The number of amides is 1. The molecule has 7 heteroatoms. The summed E-state index contributed by atoms with van der Waals surface area (Å²) in [6.45, 7) is 1.30. The topological polar surface area (TPSA) is 81.7 Å². The number of ether oxygens (including phenoxy) is 2. The first-order valence-corrected chi connectivity index (χ1v) is 10.3. The third kappa shape index (κ3) is 4.83. The minimum Gasteiger partial charge on any atom is -0.491 e. The third-order valence-electron chi connectivity index (χ3n) is 4.12. The van der Waals surface area contributed by atoms with Crippen molar-refractivity contribution in [2.24, 2.45) is 0 Å². The molecular weight excluding hydrogens is 354 g/mol. The van der Waals surface area contributed by atoms with Crippen LogP contribution in [0.4, 0.5) is 5.69 Å². The fourth-order valence-corrected chi connectivity index (χ4v) is 3.29. The van der Waals surface area contributed by atoms with Crippen LogP contribution >= 0.6 is 0 Å². The van der Waals surface area contributed by atoms with Crippen LogP contribution in [-0.2, 0) is 14.6 Å². The summed E-state index contributed by atoms with van der Waals surface area (Å²) in [5.74, 6) is 0.414.